The van der Waals surface area contributed by atoms with Crippen molar-refractivity contribution in [3.05, 3.63) is 40.8 Å². The SMILES string of the molecule is COc1c(NC(C)Cc2ccco2)nc[nH]c1=O. The van der Waals surface area contributed by atoms with Gasteiger partial charge in [-0.05, 0) is 19.1 Å². The molecule has 6 heteroatoms. The van der Waals surface area contributed by atoms with Crippen LogP contribution in [0.3, 0.4) is 0 Å². The highest BCUT2D eigenvalue weighted by atomic mass is 16.5. The molecular formula is C12H15N3O3. The Labute approximate surface area is 104 Å². The molecule has 0 amide bonds. The van der Waals surface area contributed by atoms with Crippen LogP contribution in [0.4, 0.5) is 5.82 Å². The van der Waals surface area contributed by atoms with Crippen LogP contribution in [0.5, 0.6) is 5.75 Å². The van der Waals surface area contributed by atoms with E-state index >= 15 is 0 Å². The van der Waals surface area contributed by atoms with E-state index in [0.29, 0.717) is 12.2 Å². The molecule has 2 N–H and O–H groups in total. The number of H-pyrrole nitrogens is 1. The van der Waals surface area contributed by atoms with Crippen molar-refractivity contribution in [2.24, 2.45) is 0 Å². The van der Waals surface area contributed by atoms with Gasteiger partial charge in [0.15, 0.2) is 5.82 Å². The highest BCUT2D eigenvalue weighted by Gasteiger charge is 2.12. The number of rotatable bonds is 5. The Bertz CT molecular complexity index is 548. The molecule has 0 saturated carbocycles. The van der Waals surface area contributed by atoms with E-state index in [1.54, 1.807) is 6.26 Å². The van der Waals surface area contributed by atoms with E-state index in [1.165, 1.54) is 13.4 Å². The number of furan rings is 1. The molecular weight excluding hydrogens is 234 g/mol. The summed E-state index contributed by atoms with van der Waals surface area (Å²) in [5, 5.41) is 3.12. The molecule has 6 nitrogen and oxygen atoms in total. The van der Waals surface area contributed by atoms with Gasteiger partial charge in [0.2, 0.25) is 5.75 Å². The summed E-state index contributed by atoms with van der Waals surface area (Å²) >= 11 is 0. The number of nitrogens with zero attached hydrogens (tertiary/aromatic N) is 1. The van der Waals surface area contributed by atoms with Crippen LogP contribution in [0, 0.1) is 0 Å². The summed E-state index contributed by atoms with van der Waals surface area (Å²) in [5.41, 5.74) is -0.305. The second-order valence-corrected chi connectivity index (χ2v) is 3.94. The van der Waals surface area contributed by atoms with E-state index < -0.39 is 0 Å². The molecule has 0 bridgehead atoms. The lowest BCUT2D eigenvalue weighted by Gasteiger charge is -2.14. The molecule has 0 spiro atoms. The van der Waals surface area contributed by atoms with Crippen LogP contribution in [0.25, 0.3) is 0 Å². The number of ether oxygens (including phenoxy) is 1. The molecule has 0 radical (unpaired) electrons. The summed E-state index contributed by atoms with van der Waals surface area (Å²) in [7, 11) is 1.44. The summed E-state index contributed by atoms with van der Waals surface area (Å²) < 4.78 is 10.3. The molecule has 2 heterocycles. The van der Waals surface area contributed by atoms with Crippen molar-refractivity contribution in [1.29, 1.82) is 0 Å². The summed E-state index contributed by atoms with van der Waals surface area (Å²) in [6.07, 6.45) is 3.67. The van der Waals surface area contributed by atoms with Crippen molar-refractivity contribution in [1.82, 2.24) is 9.97 Å². The second-order valence-electron chi connectivity index (χ2n) is 3.94. The van der Waals surface area contributed by atoms with Crippen molar-refractivity contribution in [2.45, 2.75) is 19.4 Å². The first-order valence-electron chi connectivity index (χ1n) is 5.61. The third kappa shape index (κ3) is 2.71. The van der Waals surface area contributed by atoms with E-state index in [2.05, 4.69) is 15.3 Å². The van der Waals surface area contributed by atoms with Crippen molar-refractivity contribution < 1.29 is 9.15 Å². The van der Waals surface area contributed by atoms with Crippen LogP contribution in [0.15, 0.2) is 33.9 Å². The highest BCUT2D eigenvalue weighted by Crippen LogP contribution is 2.16. The number of nitrogens with one attached hydrogen (secondary N) is 2. The van der Waals surface area contributed by atoms with Crippen molar-refractivity contribution in [3.63, 3.8) is 0 Å². The lowest BCUT2D eigenvalue weighted by molar-refractivity contribution is 0.407. The number of methoxy groups -OCH3 is 1. The molecule has 0 fully saturated rings. The Morgan fingerprint density at radius 1 is 1.61 bits per heavy atom. The first-order chi connectivity index (χ1) is 8.70. The number of aromatic nitrogens is 2. The summed E-state index contributed by atoms with van der Waals surface area (Å²) in [6.45, 7) is 1.98. The topological polar surface area (TPSA) is 80.2 Å². The summed E-state index contributed by atoms with van der Waals surface area (Å²) in [4.78, 5) is 18.0. The monoisotopic (exact) mass is 249 g/mol. The van der Waals surface area contributed by atoms with Gasteiger partial charge in [-0.25, -0.2) is 4.98 Å². The van der Waals surface area contributed by atoms with Crippen LogP contribution < -0.4 is 15.6 Å². The van der Waals surface area contributed by atoms with Gasteiger partial charge in [0.25, 0.3) is 5.56 Å². The van der Waals surface area contributed by atoms with Gasteiger partial charge < -0.3 is 19.5 Å². The van der Waals surface area contributed by atoms with Crippen molar-refractivity contribution >= 4 is 5.82 Å². The molecule has 1 unspecified atom stereocenters. The van der Waals surface area contributed by atoms with Crippen molar-refractivity contribution in [3.8, 4) is 5.75 Å². The third-order valence-electron chi connectivity index (χ3n) is 2.49. The maximum Gasteiger partial charge on any atom is 0.295 e. The Hall–Kier alpha value is -2.24. The maximum atomic E-state index is 11.5. The van der Waals surface area contributed by atoms with Crippen LogP contribution in [-0.2, 0) is 6.42 Å². The van der Waals surface area contributed by atoms with E-state index in [4.69, 9.17) is 9.15 Å². The fourth-order valence-electron chi connectivity index (χ4n) is 1.69. The second kappa shape index (κ2) is 5.39. The standard InChI is InChI=1S/C12H15N3O3/c1-8(6-9-4-3-5-18-9)15-11-10(17-2)12(16)14-7-13-11/h3-5,7-8H,6H2,1-2H3,(H2,13,14,15,16). The zero-order valence-electron chi connectivity index (χ0n) is 10.3. The zero-order valence-corrected chi connectivity index (χ0v) is 10.3. The van der Waals surface area contributed by atoms with Crippen LogP contribution in [0.1, 0.15) is 12.7 Å². The number of hydrogen-bond acceptors (Lipinski definition) is 5. The quantitative estimate of drug-likeness (QED) is 0.837. The third-order valence-corrected chi connectivity index (χ3v) is 2.49. The van der Waals surface area contributed by atoms with Gasteiger partial charge in [0.05, 0.1) is 19.7 Å². The molecule has 2 aromatic heterocycles. The predicted molar refractivity (Wildman–Crippen MR) is 66.9 cm³/mol. The largest absolute Gasteiger partial charge is 0.489 e. The van der Waals surface area contributed by atoms with E-state index in [9.17, 15) is 4.79 Å². The Morgan fingerprint density at radius 3 is 3.11 bits per heavy atom. The molecule has 0 aliphatic rings. The molecule has 0 aliphatic heterocycles. The van der Waals surface area contributed by atoms with Gasteiger partial charge in [-0.2, -0.15) is 0 Å². The number of anilines is 1. The Balaban J connectivity index is 2.09. The fourth-order valence-corrected chi connectivity index (χ4v) is 1.69. The zero-order chi connectivity index (χ0) is 13.0. The van der Waals surface area contributed by atoms with Gasteiger partial charge in [-0.3, -0.25) is 4.79 Å². The highest BCUT2D eigenvalue weighted by molar-refractivity contribution is 5.48. The van der Waals surface area contributed by atoms with Crippen LogP contribution in [0.2, 0.25) is 0 Å². The first-order valence-corrected chi connectivity index (χ1v) is 5.61. The fraction of sp³-hybridized carbons (Fsp3) is 0.333. The van der Waals surface area contributed by atoms with Crippen LogP contribution in [-0.4, -0.2) is 23.1 Å². The van der Waals surface area contributed by atoms with Gasteiger partial charge >= 0.3 is 0 Å². The van der Waals surface area contributed by atoms with Gasteiger partial charge in [-0.15, -0.1) is 0 Å². The molecule has 1 atom stereocenters. The number of hydrogen-bond donors (Lipinski definition) is 2. The molecule has 96 valence electrons. The predicted octanol–water partition coefficient (Wildman–Crippen LogP) is 1.41. The first kappa shape index (κ1) is 12.2. The Kier molecular flexibility index (Phi) is 3.66. The normalized spacial score (nSPS) is 12.1. The molecule has 2 rings (SSSR count). The minimum atomic E-state index is -0.305. The van der Waals surface area contributed by atoms with Gasteiger partial charge in [0, 0.05) is 12.5 Å². The average Bonchev–Trinajstić information content (AvgIpc) is 2.82. The lowest BCUT2D eigenvalue weighted by atomic mass is 10.2. The molecule has 0 aromatic carbocycles. The van der Waals surface area contributed by atoms with Gasteiger partial charge in [-0.1, -0.05) is 0 Å². The van der Waals surface area contributed by atoms with E-state index in [0.717, 1.165) is 5.76 Å². The molecule has 0 saturated heterocycles. The molecule has 0 aliphatic carbocycles. The molecule has 18 heavy (non-hydrogen) atoms. The van der Waals surface area contributed by atoms with E-state index in [-0.39, 0.29) is 17.4 Å². The van der Waals surface area contributed by atoms with Gasteiger partial charge in [0.1, 0.15) is 5.76 Å². The number of aromatic amines is 1. The minimum Gasteiger partial charge on any atom is -0.489 e. The van der Waals surface area contributed by atoms with Crippen molar-refractivity contribution in [2.75, 3.05) is 12.4 Å². The lowest BCUT2D eigenvalue weighted by Crippen LogP contribution is -2.22. The maximum absolute atomic E-state index is 11.5. The molecule has 2 aromatic rings. The Morgan fingerprint density at radius 2 is 2.44 bits per heavy atom. The summed E-state index contributed by atoms with van der Waals surface area (Å²) in [6, 6.07) is 3.81. The average molecular weight is 249 g/mol. The smallest absolute Gasteiger partial charge is 0.295 e. The summed E-state index contributed by atoms with van der Waals surface area (Å²) in [5.74, 6) is 1.49. The van der Waals surface area contributed by atoms with Crippen LogP contribution >= 0.6 is 0 Å². The van der Waals surface area contributed by atoms with E-state index in [1.807, 2.05) is 19.1 Å². The minimum absolute atomic E-state index is 0.0688.